The zero-order valence-corrected chi connectivity index (χ0v) is 23.1. The molecule has 0 aromatic heterocycles. The van der Waals surface area contributed by atoms with Crippen LogP contribution >= 0.6 is 0 Å². The lowest BCUT2D eigenvalue weighted by molar-refractivity contribution is -0.168. The zero-order valence-electron chi connectivity index (χ0n) is 23.1. The van der Waals surface area contributed by atoms with E-state index in [1.54, 1.807) is 17.0 Å². The summed E-state index contributed by atoms with van der Waals surface area (Å²) < 4.78 is 26.8. The van der Waals surface area contributed by atoms with Crippen molar-refractivity contribution in [3.05, 3.63) is 59.4 Å². The normalized spacial score (nSPS) is 24.4. The molecule has 9 nitrogen and oxygen atoms in total. The van der Waals surface area contributed by atoms with Crippen LogP contribution in [0.5, 0.6) is 0 Å². The third-order valence-corrected chi connectivity index (χ3v) is 8.08. The van der Waals surface area contributed by atoms with Crippen LogP contribution in [0.15, 0.2) is 42.5 Å². The quantitative estimate of drug-likeness (QED) is 0.348. The smallest absolute Gasteiger partial charge is 0.406 e. The van der Waals surface area contributed by atoms with Gasteiger partial charge in [0.1, 0.15) is 17.5 Å². The maximum absolute atomic E-state index is 15.6. The highest BCUT2D eigenvalue weighted by Crippen LogP contribution is 2.41. The summed E-state index contributed by atoms with van der Waals surface area (Å²) in [6, 6.07) is 11.7. The molecule has 1 aliphatic heterocycles. The minimum absolute atomic E-state index is 0.0329. The number of carbonyl (C=O) groups is 2. The van der Waals surface area contributed by atoms with Crippen LogP contribution in [-0.4, -0.2) is 78.7 Å². The Labute approximate surface area is 234 Å². The van der Waals surface area contributed by atoms with Crippen LogP contribution in [0.2, 0.25) is 0 Å². The number of aliphatic hydroxyl groups is 2. The molecule has 0 spiro atoms. The Morgan fingerprint density at radius 2 is 2.02 bits per heavy atom. The maximum atomic E-state index is 15.6. The lowest BCUT2D eigenvalue weighted by Crippen LogP contribution is -2.55. The van der Waals surface area contributed by atoms with Crippen molar-refractivity contribution in [2.24, 2.45) is 11.7 Å². The van der Waals surface area contributed by atoms with Crippen LogP contribution in [0.3, 0.4) is 0 Å². The predicted octanol–water partition coefficient (Wildman–Crippen LogP) is 2.70. The van der Waals surface area contributed by atoms with Crippen molar-refractivity contribution in [3.63, 3.8) is 0 Å². The van der Waals surface area contributed by atoms with Crippen molar-refractivity contribution < 1.29 is 33.7 Å². The second-order valence-electron chi connectivity index (χ2n) is 10.7. The van der Waals surface area contributed by atoms with Gasteiger partial charge in [-0.3, -0.25) is 4.79 Å². The number of aryl methyl sites for hydroxylation is 1. The van der Waals surface area contributed by atoms with E-state index in [1.165, 1.54) is 13.1 Å². The molecule has 4 rings (SSSR count). The first-order valence-electron chi connectivity index (χ1n) is 14.0. The number of halogens is 1. The van der Waals surface area contributed by atoms with Gasteiger partial charge in [0.05, 0.1) is 25.9 Å². The largest absolute Gasteiger partial charge is 0.450 e. The first kappa shape index (κ1) is 29.9. The highest BCUT2D eigenvalue weighted by Gasteiger charge is 2.46. The van der Waals surface area contributed by atoms with Crippen molar-refractivity contribution >= 4 is 12.0 Å². The number of amides is 2. The van der Waals surface area contributed by atoms with Crippen molar-refractivity contribution in [3.8, 4) is 11.1 Å². The standard InChI is InChI=1S/C30H40FN3O6/c1-3-19-7-4-8-20(15-19)27-22(9-5-10-23(27)31)30(38,11-6-13-40-29(37)33-2)26-18-34(12-14-39-26)28(36)21-16-24(32)25(35)17-21/h4-5,7-10,15,21,24-26,35,38H,3,6,11-14,16-18,32H2,1-2H3,(H,33,37)/t21-,24+,25-,26+,30+/m0/s1. The van der Waals surface area contributed by atoms with Crippen LogP contribution in [0.25, 0.3) is 11.1 Å². The van der Waals surface area contributed by atoms with Crippen molar-refractivity contribution in [2.45, 2.75) is 62.9 Å². The van der Waals surface area contributed by atoms with Crippen LogP contribution in [0.4, 0.5) is 9.18 Å². The summed E-state index contributed by atoms with van der Waals surface area (Å²) in [7, 11) is 1.46. The molecule has 2 aromatic rings. The molecule has 0 bridgehead atoms. The average Bonchev–Trinajstić information content (AvgIpc) is 3.32. The average molecular weight is 558 g/mol. The van der Waals surface area contributed by atoms with Crippen molar-refractivity contribution in [1.82, 2.24) is 10.2 Å². The summed E-state index contributed by atoms with van der Waals surface area (Å²) in [5.41, 5.74) is 6.51. The monoisotopic (exact) mass is 557 g/mol. The highest BCUT2D eigenvalue weighted by molar-refractivity contribution is 5.79. The lowest BCUT2D eigenvalue weighted by atomic mass is 9.79. The van der Waals surface area contributed by atoms with E-state index < -0.39 is 41.7 Å². The molecule has 218 valence electrons. The van der Waals surface area contributed by atoms with E-state index in [-0.39, 0.29) is 44.1 Å². The van der Waals surface area contributed by atoms with Crippen molar-refractivity contribution in [2.75, 3.05) is 33.4 Å². The van der Waals surface area contributed by atoms with Gasteiger partial charge in [0.25, 0.3) is 0 Å². The first-order chi connectivity index (χ1) is 19.2. The number of carbonyl (C=O) groups excluding carboxylic acids is 2. The first-order valence-corrected chi connectivity index (χ1v) is 14.0. The van der Waals surface area contributed by atoms with Gasteiger partial charge in [-0.1, -0.05) is 43.3 Å². The SMILES string of the molecule is CCc1cccc(-c2c(F)cccc2[C@](O)(CCCOC(=O)NC)[C@H]2CN(C(=O)[C@H]3C[C@@H](N)[C@@H](O)C3)CCO2)c1. The second kappa shape index (κ2) is 13.1. The number of nitrogens with two attached hydrogens (primary N) is 1. The number of aliphatic hydroxyl groups excluding tert-OH is 1. The van der Waals surface area contributed by atoms with E-state index >= 15 is 4.39 Å². The molecule has 0 radical (unpaired) electrons. The molecule has 1 heterocycles. The Balaban J connectivity index is 1.68. The maximum Gasteiger partial charge on any atom is 0.406 e. The van der Waals surface area contributed by atoms with Crippen LogP contribution in [0.1, 0.15) is 43.7 Å². The fraction of sp³-hybridized carbons (Fsp3) is 0.533. The van der Waals surface area contributed by atoms with Gasteiger partial charge in [-0.05, 0) is 54.9 Å². The number of nitrogens with one attached hydrogen (secondary N) is 1. The third-order valence-electron chi connectivity index (χ3n) is 8.08. The van der Waals surface area contributed by atoms with Gasteiger partial charge in [-0.15, -0.1) is 0 Å². The molecule has 2 amide bonds. The Morgan fingerprint density at radius 3 is 2.73 bits per heavy atom. The van der Waals surface area contributed by atoms with Gasteiger partial charge in [0.15, 0.2) is 0 Å². The molecule has 5 atom stereocenters. The van der Waals surface area contributed by atoms with Crippen LogP contribution in [-0.2, 0) is 26.3 Å². The minimum atomic E-state index is -1.71. The number of alkyl carbamates (subject to hydrolysis) is 1. The topological polar surface area (TPSA) is 134 Å². The molecule has 2 aliphatic rings. The number of benzene rings is 2. The summed E-state index contributed by atoms with van der Waals surface area (Å²) in [5, 5.41) is 24.9. The minimum Gasteiger partial charge on any atom is -0.450 e. The number of hydrogen-bond acceptors (Lipinski definition) is 7. The fourth-order valence-electron chi connectivity index (χ4n) is 5.82. The summed E-state index contributed by atoms with van der Waals surface area (Å²) >= 11 is 0. The summed E-state index contributed by atoms with van der Waals surface area (Å²) in [6.07, 6.45) is -0.373. The zero-order chi connectivity index (χ0) is 28.9. The number of rotatable bonds is 9. The third kappa shape index (κ3) is 6.46. The molecular formula is C30H40FN3O6. The number of morpholine rings is 1. The number of hydrogen-bond donors (Lipinski definition) is 4. The Bertz CT molecular complexity index is 1190. The van der Waals surface area contributed by atoms with Crippen molar-refractivity contribution in [1.29, 1.82) is 0 Å². The molecule has 1 saturated carbocycles. The van der Waals surface area contributed by atoms with E-state index in [4.69, 9.17) is 15.2 Å². The van der Waals surface area contributed by atoms with Gasteiger partial charge >= 0.3 is 6.09 Å². The molecule has 5 N–H and O–H groups in total. The molecular weight excluding hydrogens is 517 g/mol. The summed E-state index contributed by atoms with van der Waals surface area (Å²) in [6.45, 7) is 2.65. The van der Waals surface area contributed by atoms with Crippen LogP contribution < -0.4 is 11.1 Å². The van der Waals surface area contributed by atoms with E-state index in [0.29, 0.717) is 30.5 Å². The van der Waals surface area contributed by atoms with E-state index in [9.17, 15) is 19.8 Å². The van der Waals surface area contributed by atoms with Crippen LogP contribution in [0, 0.1) is 11.7 Å². The van der Waals surface area contributed by atoms with Gasteiger partial charge in [0, 0.05) is 31.1 Å². The highest BCUT2D eigenvalue weighted by atomic mass is 19.1. The molecule has 1 aliphatic carbocycles. The van der Waals surface area contributed by atoms with E-state index in [2.05, 4.69) is 5.32 Å². The van der Waals surface area contributed by atoms with Gasteiger partial charge < -0.3 is 35.6 Å². The molecule has 10 heteroatoms. The van der Waals surface area contributed by atoms with E-state index in [0.717, 1.165) is 12.0 Å². The molecule has 40 heavy (non-hydrogen) atoms. The van der Waals surface area contributed by atoms with Gasteiger partial charge in [-0.25, -0.2) is 9.18 Å². The van der Waals surface area contributed by atoms with E-state index in [1.807, 2.05) is 31.2 Å². The molecule has 0 unspecified atom stereocenters. The summed E-state index contributed by atoms with van der Waals surface area (Å²) in [5.74, 6) is -1.02. The lowest BCUT2D eigenvalue weighted by Gasteiger charge is -2.43. The molecule has 2 aromatic carbocycles. The second-order valence-corrected chi connectivity index (χ2v) is 10.7. The summed E-state index contributed by atoms with van der Waals surface area (Å²) in [4.78, 5) is 26.6. The Morgan fingerprint density at radius 1 is 1.25 bits per heavy atom. The Kier molecular flexibility index (Phi) is 9.78. The fourth-order valence-corrected chi connectivity index (χ4v) is 5.82. The molecule has 2 fully saturated rings. The molecule has 1 saturated heterocycles. The Hall–Kier alpha value is -3.05. The predicted molar refractivity (Wildman–Crippen MR) is 148 cm³/mol. The van der Waals surface area contributed by atoms with Gasteiger partial charge in [0.2, 0.25) is 5.91 Å². The van der Waals surface area contributed by atoms with Gasteiger partial charge in [-0.2, -0.15) is 0 Å². The number of nitrogens with zero attached hydrogens (tertiary/aromatic N) is 1. The number of ether oxygens (including phenoxy) is 2.